The van der Waals surface area contributed by atoms with Crippen molar-refractivity contribution < 1.29 is 14.3 Å². The second kappa shape index (κ2) is 4.90. The highest BCUT2D eigenvalue weighted by Gasteiger charge is 2.39. The first-order chi connectivity index (χ1) is 8.37. The molecule has 1 aliphatic carbocycles. The van der Waals surface area contributed by atoms with Crippen molar-refractivity contribution in [2.24, 2.45) is 5.92 Å². The number of Topliss-reactive ketones (excluding diaryl/α,β-unsaturated/α-hetero) is 1. The number of ketones is 1. The van der Waals surface area contributed by atoms with Gasteiger partial charge in [-0.15, -0.1) is 0 Å². The van der Waals surface area contributed by atoms with Crippen molar-refractivity contribution in [2.75, 3.05) is 6.54 Å². The number of piperidine rings is 1. The Labute approximate surface area is 109 Å². The second-order valence-corrected chi connectivity index (χ2v) is 6.42. The Kier molecular flexibility index (Phi) is 3.64. The number of nitrogens with zero attached hydrogens (tertiary/aromatic N) is 1. The Morgan fingerprint density at radius 1 is 1.33 bits per heavy atom. The number of carbonyl (C=O) groups is 2. The normalized spacial score (nSPS) is 28.8. The Balaban J connectivity index is 2.06. The first-order valence-corrected chi connectivity index (χ1v) is 6.88. The van der Waals surface area contributed by atoms with Gasteiger partial charge < -0.3 is 9.64 Å². The van der Waals surface area contributed by atoms with Gasteiger partial charge in [-0.2, -0.15) is 0 Å². The maximum atomic E-state index is 12.2. The Bertz CT molecular complexity index is 345. The van der Waals surface area contributed by atoms with Crippen molar-refractivity contribution >= 4 is 11.9 Å². The molecule has 1 heterocycles. The Morgan fingerprint density at radius 3 is 2.72 bits per heavy atom. The molecule has 2 aliphatic rings. The maximum absolute atomic E-state index is 12.2. The van der Waals surface area contributed by atoms with Gasteiger partial charge in [-0.25, -0.2) is 4.79 Å². The summed E-state index contributed by atoms with van der Waals surface area (Å²) in [6.07, 6.45) is 4.04. The molecule has 0 unspecified atom stereocenters. The molecule has 0 spiro atoms. The van der Waals surface area contributed by atoms with Crippen molar-refractivity contribution in [1.29, 1.82) is 0 Å². The third-order valence-electron chi connectivity index (χ3n) is 3.78. The van der Waals surface area contributed by atoms with Crippen LogP contribution in [0.1, 0.15) is 52.9 Å². The lowest BCUT2D eigenvalue weighted by molar-refractivity contribution is -0.124. The van der Waals surface area contributed by atoms with Gasteiger partial charge in [0.1, 0.15) is 11.4 Å². The van der Waals surface area contributed by atoms with Crippen LogP contribution in [0, 0.1) is 5.92 Å². The monoisotopic (exact) mass is 253 g/mol. The highest BCUT2D eigenvalue weighted by molar-refractivity contribution is 5.81. The summed E-state index contributed by atoms with van der Waals surface area (Å²) in [4.78, 5) is 25.5. The smallest absolute Gasteiger partial charge is 0.410 e. The predicted octanol–water partition coefficient (Wildman–Crippen LogP) is 2.76. The Hall–Kier alpha value is -1.06. The average molecular weight is 253 g/mol. The molecule has 0 aromatic rings. The lowest BCUT2D eigenvalue weighted by Crippen LogP contribution is -2.52. The molecule has 2 rings (SSSR count). The van der Waals surface area contributed by atoms with Gasteiger partial charge >= 0.3 is 6.09 Å². The summed E-state index contributed by atoms with van der Waals surface area (Å²) in [5.41, 5.74) is -0.470. The van der Waals surface area contributed by atoms with E-state index in [1.165, 1.54) is 0 Å². The third-order valence-corrected chi connectivity index (χ3v) is 3.78. The van der Waals surface area contributed by atoms with E-state index in [1.54, 1.807) is 4.90 Å². The van der Waals surface area contributed by atoms with Crippen LogP contribution in [-0.2, 0) is 9.53 Å². The molecule has 1 saturated carbocycles. The fraction of sp³-hybridized carbons (Fsp3) is 0.857. The summed E-state index contributed by atoms with van der Waals surface area (Å²) in [7, 11) is 0. The van der Waals surface area contributed by atoms with Crippen LogP contribution >= 0.6 is 0 Å². The third kappa shape index (κ3) is 3.03. The largest absolute Gasteiger partial charge is 0.444 e. The van der Waals surface area contributed by atoms with E-state index in [-0.39, 0.29) is 17.9 Å². The molecular formula is C14H23NO3. The topological polar surface area (TPSA) is 46.6 Å². The molecule has 2 atom stereocenters. The molecule has 0 aromatic heterocycles. The fourth-order valence-electron chi connectivity index (χ4n) is 2.98. The molecular weight excluding hydrogens is 230 g/mol. The number of amides is 1. The second-order valence-electron chi connectivity index (χ2n) is 6.42. The van der Waals surface area contributed by atoms with E-state index >= 15 is 0 Å². The number of hydrogen-bond acceptors (Lipinski definition) is 3. The molecule has 18 heavy (non-hydrogen) atoms. The minimum Gasteiger partial charge on any atom is -0.444 e. The zero-order chi connectivity index (χ0) is 13.3. The van der Waals surface area contributed by atoms with Gasteiger partial charge in [0.25, 0.3) is 0 Å². The molecule has 0 N–H and O–H groups in total. The number of fused-ring (bicyclic) bond motifs is 1. The molecule has 1 aliphatic heterocycles. The summed E-state index contributed by atoms with van der Waals surface area (Å²) in [6, 6.07) is 0.0786. The van der Waals surface area contributed by atoms with Crippen LogP contribution < -0.4 is 0 Å². The summed E-state index contributed by atoms with van der Waals surface area (Å²) < 4.78 is 5.44. The van der Waals surface area contributed by atoms with Gasteiger partial charge in [0.2, 0.25) is 0 Å². The number of likely N-dealkylation sites (tertiary alicyclic amines) is 1. The van der Waals surface area contributed by atoms with Crippen LogP contribution in [0.15, 0.2) is 0 Å². The molecule has 4 nitrogen and oxygen atoms in total. The molecule has 1 saturated heterocycles. The molecule has 102 valence electrons. The highest BCUT2D eigenvalue weighted by atomic mass is 16.6. The predicted molar refractivity (Wildman–Crippen MR) is 68.3 cm³/mol. The van der Waals surface area contributed by atoms with Crippen LogP contribution in [0.4, 0.5) is 4.79 Å². The van der Waals surface area contributed by atoms with E-state index in [0.717, 1.165) is 25.8 Å². The minimum absolute atomic E-state index is 0.0786. The molecule has 2 fully saturated rings. The van der Waals surface area contributed by atoms with Crippen LogP contribution in [0.2, 0.25) is 0 Å². The first-order valence-electron chi connectivity index (χ1n) is 6.88. The van der Waals surface area contributed by atoms with Gasteiger partial charge in [-0.05, 0) is 46.0 Å². The maximum Gasteiger partial charge on any atom is 0.410 e. The fourth-order valence-corrected chi connectivity index (χ4v) is 2.98. The van der Waals surface area contributed by atoms with Crippen LogP contribution in [0.3, 0.4) is 0 Å². The van der Waals surface area contributed by atoms with Gasteiger partial charge in [-0.1, -0.05) is 0 Å². The van der Waals surface area contributed by atoms with E-state index in [0.29, 0.717) is 18.8 Å². The van der Waals surface area contributed by atoms with E-state index in [2.05, 4.69) is 0 Å². The summed E-state index contributed by atoms with van der Waals surface area (Å²) >= 11 is 0. The van der Waals surface area contributed by atoms with E-state index in [9.17, 15) is 9.59 Å². The Morgan fingerprint density at radius 2 is 2.06 bits per heavy atom. The zero-order valence-corrected chi connectivity index (χ0v) is 11.6. The standard InChI is InChI=1S/C14H23NO3/c1-14(2,3)18-13(17)15-8-4-5-10-6-7-11(16)9-12(10)15/h10,12H,4-9H2,1-3H3/t10-,12+/m0/s1. The van der Waals surface area contributed by atoms with Crippen molar-refractivity contribution in [3.05, 3.63) is 0 Å². The van der Waals surface area contributed by atoms with Gasteiger partial charge in [0.05, 0.1) is 0 Å². The zero-order valence-electron chi connectivity index (χ0n) is 11.6. The van der Waals surface area contributed by atoms with E-state index < -0.39 is 5.60 Å². The SMILES string of the molecule is CC(C)(C)OC(=O)N1CCC[C@H]2CCC(=O)C[C@H]21. The van der Waals surface area contributed by atoms with Crippen molar-refractivity contribution in [3.63, 3.8) is 0 Å². The number of hydrogen-bond donors (Lipinski definition) is 0. The number of carbonyl (C=O) groups excluding carboxylic acids is 2. The highest BCUT2D eigenvalue weighted by Crippen LogP contribution is 2.34. The van der Waals surface area contributed by atoms with Gasteiger partial charge in [0, 0.05) is 25.4 Å². The quantitative estimate of drug-likeness (QED) is 0.667. The lowest BCUT2D eigenvalue weighted by atomic mass is 9.78. The molecule has 0 bridgehead atoms. The van der Waals surface area contributed by atoms with Crippen LogP contribution in [0.25, 0.3) is 0 Å². The summed E-state index contributed by atoms with van der Waals surface area (Å²) in [5, 5.41) is 0. The molecule has 0 aromatic carbocycles. The average Bonchev–Trinajstić information content (AvgIpc) is 2.25. The van der Waals surface area contributed by atoms with Crippen molar-refractivity contribution in [2.45, 2.75) is 64.5 Å². The van der Waals surface area contributed by atoms with Crippen LogP contribution in [-0.4, -0.2) is 35.0 Å². The van der Waals surface area contributed by atoms with Crippen molar-refractivity contribution in [1.82, 2.24) is 4.90 Å². The summed E-state index contributed by atoms with van der Waals surface area (Å²) in [5.74, 6) is 0.774. The minimum atomic E-state index is -0.470. The molecule has 0 radical (unpaired) electrons. The van der Waals surface area contributed by atoms with Crippen molar-refractivity contribution in [3.8, 4) is 0 Å². The van der Waals surface area contributed by atoms with Gasteiger partial charge in [-0.3, -0.25) is 4.79 Å². The molecule has 1 amide bonds. The summed E-state index contributed by atoms with van der Waals surface area (Å²) in [6.45, 7) is 6.35. The van der Waals surface area contributed by atoms with Gasteiger partial charge in [0.15, 0.2) is 0 Å². The molecule has 4 heteroatoms. The lowest BCUT2D eigenvalue weighted by Gasteiger charge is -2.43. The van der Waals surface area contributed by atoms with Crippen LogP contribution in [0.5, 0.6) is 0 Å². The first kappa shape index (κ1) is 13.4. The van der Waals surface area contributed by atoms with E-state index in [4.69, 9.17) is 4.74 Å². The number of ether oxygens (including phenoxy) is 1. The van der Waals surface area contributed by atoms with E-state index in [1.807, 2.05) is 20.8 Å². The number of rotatable bonds is 0.